The summed E-state index contributed by atoms with van der Waals surface area (Å²) < 4.78 is 6.58. The Morgan fingerprint density at radius 1 is 1.06 bits per heavy atom. The highest BCUT2D eigenvalue weighted by Crippen LogP contribution is 2.25. The summed E-state index contributed by atoms with van der Waals surface area (Å²) in [7, 11) is 1.56. The molecule has 1 aliphatic heterocycles. The number of ether oxygens (including phenoxy) is 1. The first-order chi connectivity index (χ1) is 15.9. The molecule has 0 fully saturated rings. The fourth-order valence-corrected chi connectivity index (χ4v) is 4.03. The predicted octanol–water partition coefficient (Wildman–Crippen LogP) is 4.12. The Morgan fingerprint density at radius 2 is 1.85 bits per heavy atom. The van der Waals surface area contributed by atoms with Crippen molar-refractivity contribution in [2.45, 2.75) is 13.0 Å². The van der Waals surface area contributed by atoms with E-state index in [-0.39, 0.29) is 29.1 Å². The number of halogens is 2. The van der Waals surface area contributed by atoms with E-state index in [0.717, 1.165) is 5.56 Å². The number of fused-ring (bicyclic) bond motifs is 1. The van der Waals surface area contributed by atoms with E-state index in [1.807, 2.05) is 0 Å². The van der Waals surface area contributed by atoms with Crippen LogP contribution in [-0.4, -0.2) is 52.7 Å². The quantitative estimate of drug-likeness (QED) is 0.381. The molecule has 33 heavy (non-hydrogen) atoms. The summed E-state index contributed by atoms with van der Waals surface area (Å²) in [5.41, 5.74) is 1.55. The van der Waals surface area contributed by atoms with Crippen LogP contribution in [0, 0.1) is 0 Å². The third-order valence-electron chi connectivity index (χ3n) is 5.26. The van der Waals surface area contributed by atoms with Gasteiger partial charge in [-0.25, -0.2) is 4.68 Å². The molecule has 0 saturated heterocycles. The first-order valence-corrected chi connectivity index (χ1v) is 10.9. The van der Waals surface area contributed by atoms with E-state index in [1.54, 1.807) is 42.3 Å². The Hall–Kier alpha value is -3.20. The van der Waals surface area contributed by atoms with Gasteiger partial charge in [0.25, 0.3) is 17.7 Å². The summed E-state index contributed by atoms with van der Waals surface area (Å²) in [6.45, 7) is 1.02. The molecule has 10 heteroatoms. The van der Waals surface area contributed by atoms with Gasteiger partial charge in [0.05, 0.1) is 23.9 Å². The van der Waals surface area contributed by atoms with Crippen LogP contribution in [0.2, 0.25) is 10.0 Å². The summed E-state index contributed by atoms with van der Waals surface area (Å²) in [6, 6.07) is 11.3. The molecular weight excluding hydrogens is 467 g/mol. The molecule has 0 saturated carbocycles. The first-order valence-electron chi connectivity index (χ1n) is 10.2. The largest absolute Gasteiger partial charge is 0.385 e. The number of aromatic nitrogens is 2. The molecular formula is C23H20Cl2N4O4. The standard InChI is InChI=1S/C23H20Cl2N4O4/c1-33-10-2-9-28-22(31)17-6-4-14(11-18(17)23(28)32)21(30)27-20-7-8-26-29(20)13-15-3-5-16(24)12-19(15)25/h3-8,11-12H,2,9-10,13H2,1H3,(H,27,30). The number of amides is 3. The lowest BCUT2D eigenvalue weighted by Crippen LogP contribution is -2.31. The van der Waals surface area contributed by atoms with Crippen LogP contribution in [-0.2, 0) is 11.3 Å². The zero-order chi connectivity index (χ0) is 23.5. The van der Waals surface area contributed by atoms with Crippen LogP contribution in [0.1, 0.15) is 43.1 Å². The smallest absolute Gasteiger partial charge is 0.261 e. The molecule has 0 spiro atoms. The topological polar surface area (TPSA) is 93.5 Å². The van der Waals surface area contributed by atoms with E-state index in [1.165, 1.54) is 23.1 Å². The molecule has 0 bridgehead atoms. The van der Waals surface area contributed by atoms with Crippen LogP contribution in [0.25, 0.3) is 0 Å². The van der Waals surface area contributed by atoms with Crippen molar-refractivity contribution in [2.75, 3.05) is 25.6 Å². The average molecular weight is 487 g/mol. The maximum atomic E-state index is 12.9. The highest BCUT2D eigenvalue weighted by molar-refractivity contribution is 6.35. The number of anilines is 1. The van der Waals surface area contributed by atoms with Crippen molar-refractivity contribution in [1.82, 2.24) is 14.7 Å². The fourth-order valence-electron chi connectivity index (χ4n) is 3.57. The SMILES string of the molecule is COCCCN1C(=O)c2ccc(C(=O)Nc3ccnn3Cc3ccc(Cl)cc3Cl)cc2C1=O. The number of nitrogens with one attached hydrogen (secondary N) is 1. The number of benzene rings is 2. The number of nitrogens with zero attached hydrogens (tertiary/aromatic N) is 3. The lowest BCUT2D eigenvalue weighted by atomic mass is 10.1. The Morgan fingerprint density at radius 3 is 2.61 bits per heavy atom. The molecule has 1 N–H and O–H groups in total. The molecule has 1 aliphatic rings. The number of methoxy groups -OCH3 is 1. The van der Waals surface area contributed by atoms with Crippen molar-refractivity contribution >= 4 is 46.7 Å². The summed E-state index contributed by atoms with van der Waals surface area (Å²) in [4.78, 5) is 39.3. The van der Waals surface area contributed by atoms with Crippen LogP contribution >= 0.6 is 23.2 Å². The summed E-state index contributed by atoms with van der Waals surface area (Å²) in [5, 5.41) is 8.06. The molecule has 0 atom stereocenters. The predicted molar refractivity (Wildman–Crippen MR) is 124 cm³/mol. The van der Waals surface area contributed by atoms with E-state index in [0.29, 0.717) is 35.4 Å². The molecule has 0 radical (unpaired) electrons. The number of carbonyl (C=O) groups is 3. The number of hydrogen-bond donors (Lipinski definition) is 1. The van der Waals surface area contributed by atoms with Gasteiger partial charge in [0.1, 0.15) is 5.82 Å². The summed E-state index contributed by atoms with van der Waals surface area (Å²) in [6.07, 6.45) is 2.10. The van der Waals surface area contributed by atoms with Gasteiger partial charge in [-0.3, -0.25) is 19.3 Å². The Labute approximate surface area is 200 Å². The fraction of sp³-hybridized carbons (Fsp3) is 0.217. The van der Waals surface area contributed by atoms with Crippen molar-refractivity contribution in [2.24, 2.45) is 0 Å². The molecule has 3 amide bonds. The molecule has 2 heterocycles. The molecule has 3 aromatic rings. The van der Waals surface area contributed by atoms with Crippen LogP contribution in [0.3, 0.4) is 0 Å². The highest BCUT2D eigenvalue weighted by Gasteiger charge is 2.35. The van der Waals surface area contributed by atoms with Gasteiger partial charge in [0.2, 0.25) is 0 Å². The molecule has 0 aliphatic carbocycles. The van der Waals surface area contributed by atoms with E-state index in [9.17, 15) is 14.4 Å². The van der Waals surface area contributed by atoms with Crippen molar-refractivity contribution in [3.63, 3.8) is 0 Å². The maximum Gasteiger partial charge on any atom is 0.261 e. The molecule has 0 unspecified atom stereocenters. The Kier molecular flexibility index (Phi) is 6.78. The van der Waals surface area contributed by atoms with E-state index in [4.69, 9.17) is 27.9 Å². The van der Waals surface area contributed by atoms with Crippen molar-refractivity contribution in [3.05, 3.63) is 81.0 Å². The van der Waals surface area contributed by atoms with Gasteiger partial charge in [-0.15, -0.1) is 0 Å². The molecule has 170 valence electrons. The van der Waals surface area contributed by atoms with Crippen LogP contribution in [0.5, 0.6) is 0 Å². The van der Waals surface area contributed by atoms with Gasteiger partial charge in [-0.2, -0.15) is 5.10 Å². The van der Waals surface area contributed by atoms with Gasteiger partial charge in [0, 0.05) is 41.9 Å². The van der Waals surface area contributed by atoms with Crippen molar-refractivity contribution in [1.29, 1.82) is 0 Å². The van der Waals surface area contributed by atoms with Crippen LogP contribution in [0.15, 0.2) is 48.7 Å². The van der Waals surface area contributed by atoms with E-state index in [2.05, 4.69) is 10.4 Å². The van der Waals surface area contributed by atoms with Gasteiger partial charge in [0.15, 0.2) is 0 Å². The molecule has 4 rings (SSSR count). The third kappa shape index (κ3) is 4.78. The van der Waals surface area contributed by atoms with E-state index >= 15 is 0 Å². The van der Waals surface area contributed by atoms with E-state index < -0.39 is 11.8 Å². The van der Waals surface area contributed by atoms with Crippen molar-refractivity contribution < 1.29 is 19.1 Å². The minimum Gasteiger partial charge on any atom is -0.385 e. The highest BCUT2D eigenvalue weighted by atomic mass is 35.5. The van der Waals surface area contributed by atoms with Crippen molar-refractivity contribution in [3.8, 4) is 0 Å². The number of imide groups is 1. The second kappa shape index (κ2) is 9.74. The minimum absolute atomic E-state index is 0.214. The maximum absolute atomic E-state index is 12.9. The first kappa shape index (κ1) is 23.0. The zero-order valence-electron chi connectivity index (χ0n) is 17.7. The van der Waals surface area contributed by atoms with Crippen LogP contribution < -0.4 is 5.32 Å². The average Bonchev–Trinajstić information content (AvgIpc) is 3.32. The minimum atomic E-state index is -0.431. The lowest BCUT2D eigenvalue weighted by molar-refractivity contribution is 0.0638. The lowest BCUT2D eigenvalue weighted by Gasteiger charge is -2.12. The monoisotopic (exact) mass is 486 g/mol. The molecule has 8 nitrogen and oxygen atoms in total. The Balaban J connectivity index is 1.50. The van der Waals surface area contributed by atoms with Gasteiger partial charge in [-0.1, -0.05) is 29.3 Å². The van der Waals surface area contributed by atoms with Gasteiger partial charge in [-0.05, 0) is 42.3 Å². The second-order valence-electron chi connectivity index (χ2n) is 7.43. The third-order valence-corrected chi connectivity index (χ3v) is 5.84. The molecule has 2 aromatic carbocycles. The summed E-state index contributed by atoms with van der Waals surface area (Å²) in [5.74, 6) is -0.755. The Bertz CT molecular complexity index is 1240. The van der Waals surface area contributed by atoms with Crippen LogP contribution in [0.4, 0.5) is 5.82 Å². The van der Waals surface area contributed by atoms with Gasteiger partial charge >= 0.3 is 0 Å². The number of rotatable bonds is 8. The van der Waals surface area contributed by atoms with Gasteiger partial charge < -0.3 is 10.1 Å². The zero-order valence-corrected chi connectivity index (χ0v) is 19.2. The second-order valence-corrected chi connectivity index (χ2v) is 8.28. The number of hydrogen-bond acceptors (Lipinski definition) is 5. The molecule has 1 aromatic heterocycles. The normalized spacial score (nSPS) is 12.9. The number of carbonyl (C=O) groups excluding carboxylic acids is 3. The summed E-state index contributed by atoms with van der Waals surface area (Å²) >= 11 is 12.2.